The average molecular weight is 255 g/mol. The maximum Gasteiger partial charge on any atom is 0.248 e. The Morgan fingerprint density at radius 2 is 1.61 bits per heavy atom. The predicted molar refractivity (Wildman–Crippen MR) is 74.5 cm³/mol. The van der Waals surface area contributed by atoms with E-state index in [-0.39, 0.29) is 18.1 Å². The minimum atomic E-state index is -0.237. The van der Waals surface area contributed by atoms with Gasteiger partial charge in [0.15, 0.2) is 0 Å². The van der Waals surface area contributed by atoms with Crippen molar-refractivity contribution in [3.05, 3.63) is 0 Å². The summed E-state index contributed by atoms with van der Waals surface area (Å²) in [5.41, 5.74) is 0.121. The number of carbonyl (C=O) groups is 1. The summed E-state index contributed by atoms with van der Waals surface area (Å²) in [6.07, 6.45) is 2.23. The van der Waals surface area contributed by atoms with Crippen LogP contribution in [0.4, 0.5) is 0 Å². The van der Waals surface area contributed by atoms with E-state index in [4.69, 9.17) is 4.74 Å². The number of nitrogens with zero attached hydrogens (tertiary/aromatic N) is 1. The highest BCUT2D eigenvalue weighted by Crippen LogP contribution is 2.34. The average Bonchev–Trinajstić information content (AvgIpc) is 2.24. The number of likely N-dealkylation sites (tertiary alicyclic amines) is 1. The first kappa shape index (κ1) is 15.5. The van der Waals surface area contributed by atoms with Crippen molar-refractivity contribution in [3.8, 4) is 0 Å². The van der Waals surface area contributed by atoms with Gasteiger partial charge in [0.25, 0.3) is 0 Å². The zero-order chi connectivity index (χ0) is 14.0. The fourth-order valence-corrected chi connectivity index (χ4v) is 2.36. The highest BCUT2D eigenvalue weighted by Gasteiger charge is 2.30. The number of rotatable bonds is 2. The van der Waals surface area contributed by atoms with Crippen molar-refractivity contribution in [3.63, 3.8) is 0 Å². The molecule has 18 heavy (non-hydrogen) atoms. The summed E-state index contributed by atoms with van der Waals surface area (Å²) in [6.45, 7) is 14.8. The van der Waals surface area contributed by atoms with E-state index >= 15 is 0 Å². The second kappa shape index (κ2) is 5.60. The van der Waals surface area contributed by atoms with Crippen molar-refractivity contribution in [2.24, 2.45) is 11.3 Å². The lowest BCUT2D eigenvalue weighted by Crippen LogP contribution is -2.43. The Hall–Kier alpha value is -0.570. The van der Waals surface area contributed by atoms with Crippen LogP contribution >= 0.6 is 0 Å². The predicted octanol–water partition coefficient (Wildman–Crippen LogP) is 3.09. The standard InChI is InChI=1S/C15H29NO2/c1-14(2,3)12-7-9-16(10-8-12)13(17)11-18-15(4,5)6/h12H,7-11H2,1-6H3. The van der Waals surface area contributed by atoms with Gasteiger partial charge in [0.05, 0.1) is 5.60 Å². The molecule has 0 bridgehead atoms. The lowest BCUT2D eigenvalue weighted by Gasteiger charge is -2.39. The van der Waals surface area contributed by atoms with Crippen LogP contribution in [0.5, 0.6) is 0 Å². The van der Waals surface area contributed by atoms with E-state index in [2.05, 4.69) is 20.8 Å². The summed E-state index contributed by atoms with van der Waals surface area (Å²) in [5.74, 6) is 0.863. The molecule has 106 valence electrons. The van der Waals surface area contributed by atoms with Crippen molar-refractivity contribution in [1.82, 2.24) is 4.90 Å². The number of hydrogen-bond acceptors (Lipinski definition) is 2. The van der Waals surface area contributed by atoms with Crippen LogP contribution < -0.4 is 0 Å². The van der Waals surface area contributed by atoms with E-state index in [0.29, 0.717) is 5.41 Å². The molecule has 1 fully saturated rings. The van der Waals surface area contributed by atoms with Gasteiger partial charge in [0, 0.05) is 13.1 Å². The van der Waals surface area contributed by atoms with Gasteiger partial charge in [0.2, 0.25) is 5.91 Å². The van der Waals surface area contributed by atoms with Crippen LogP contribution in [-0.2, 0) is 9.53 Å². The molecule has 1 rings (SSSR count). The third-order valence-corrected chi connectivity index (χ3v) is 3.70. The first-order valence-corrected chi connectivity index (χ1v) is 7.01. The van der Waals surface area contributed by atoms with Crippen LogP contribution in [0.1, 0.15) is 54.4 Å². The molecule has 1 amide bonds. The van der Waals surface area contributed by atoms with Crippen LogP contribution in [0.2, 0.25) is 0 Å². The molecule has 3 heteroatoms. The first-order valence-electron chi connectivity index (χ1n) is 7.01. The maximum atomic E-state index is 12.0. The lowest BCUT2D eigenvalue weighted by atomic mass is 9.75. The van der Waals surface area contributed by atoms with E-state index in [1.165, 1.54) is 0 Å². The number of piperidine rings is 1. The number of ether oxygens (including phenoxy) is 1. The zero-order valence-corrected chi connectivity index (χ0v) is 12.9. The van der Waals surface area contributed by atoms with Gasteiger partial charge in [-0.05, 0) is 44.9 Å². The third kappa shape index (κ3) is 4.97. The molecule has 0 aromatic carbocycles. The molecule has 0 radical (unpaired) electrons. The van der Waals surface area contributed by atoms with Gasteiger partial charge in [-0.3, -0.25) is 4.79 Å². The van der Waals surface area contributed by atoms with Crippen LogP contribution in [0.25, 0.3) is 0 Å². The van der Waals surface area contributed by atoms with Gasteiger partial charge in [-0.15, -0.1) is 0 Å². The minimum absolute atomic E-state index is 0.136. The summed E-state index contributed by atoms with van der Waals surface area (Å²) in [6, 6.07) is 0. The van der Waals surface area contributed by atoms with Gasteiger partial charge in [0.1, 0.15) is 6.61 Å². The smallest absolute Gasteiger partial charge is 0.248 e. The SMILES string of the molecule is CC(C)(C)OCC(=O)N1CCC(C(C)(C)C)CC1. The number of hydrogen-bond donors (Lipinski definition) is 0. The monoisotopic (exact) mass is 255 g/mol. The molecule has 0 aliphatic carbocycles. The molecule has 1 aliphatic heterocycles. The van der Waals surface area contributed by atoms with Gasteiger partial charge in [-0.1, -0.05) is 20.8 Å². The molecule has 1 heterocycles. The van der Waals surface area contributed by atoms with Crippen LogP contribution in [0.15, 0.2) is 0 Å². The van der Waals surface area contributed by atoms with E-state index in [9.17, 15) is 4.79 Å². The molecular formula is C15H29NO2. The van der Waals surface area contributed by atoms with Crippen LogP contribution in [0, 0.1) is 11.3 Å². The molecule has 3 nitrogen and oxygen atoms in total. The Morgan fingerprint density at radius 3 is 2.00 bits per heavy atom. The third-order valence-electron chi connectivity index (χ3n) is 3.70. The quantitative estimate of drug-likeness (QED) is 0.759. The highest BCUT2D eigenvalue weighted by atomic mass is 16.5. The summed E-state index contributed by atoms with van der Waals surface area (Å²) in [4.78, 5) is 14.0. The van der Waals surface area contributed by atoms with Crippen molar-refractivity contribution >= 4 is 5.91 Å². The number of amides is 1. The van der Waals surface area contributed by atoms with Gasteiger partial charge in [-0.2, -0.15) is 0 Å². The van der Waals surface area contributed by atoms with Crippen LogP contribution in [0.3, 0.4) is 0 Å². The summed E-state index contributed by atoms with van der Waals surface area (Å²) < 4.78 is 5.55. The summed E-state index contributed by atoms with van der Waals surface area (Å²) >= 11 is 0. The Morgan fingerprint density at radius 1 is 1.11 bits per heavy atom. The van der Waals surface area contributed by atoms with E-state index in [0.717, 1.165) is 31.8 Å². The normalized spacial score (nSPS) is 19.1. The Balaban J connectivity index is 2.37. The Labute approximate surface area is 112 Å². The van der Waals surface area contributed by atoms with Gasteiger partial charge in [-0.25, -0.2) is 0 Å². The molecule has 1 aliphatic rings. The molecule has 0 unspecified atom stereocenters. The molecule has 0 saturated carbocycles. The molecule has 0 spiro atoms. The van der Waals surface area contributed by atoms with Gasteiger partial charge < -0.3 is 9.64 Å². The Kier molecular flexibility index (Phi) is 4.82. The van der Waals surface area contributed by atoms with Gasteiger partial charge >= 0.3 is 0 Å². The van der Waals surface area contributed by atoms with E-state index in [1.54, 1.807) is 0 Å². The second-order valence-electron chi connectivity index (χ2n) is 7.42. The molecule has 0 aromatic rings. The number of carbonyl (C=O) groups excluding carboxylic acids is 1. The van der Waals surface area contributed by atoms with Crippen LogP contribution in [-0.4, -0.2) is 36.1 Å². The summed E-state index contributed by atoms with van der Waals surface area (Å²) in [7, 11) is 0. The second-order valence-corrected chi connectivity index (χ2v) is 7.42. The van der Waals surface area contributed by atoms with Crippen molar-refractivity contribution in [2.45, 2.75) is 60.0 Å². The van der Waals surface area contributed by atoms with Crippen molar-refractivity contribution in [1.29, 1.82) is 0 Å². The fourth-order valence-electron chi connectivity index (χ4n) is 2.36. The van der Waals surface area contributed by atoms with Crippen molar-refractivity contribution < 1.29 is 9.53 Å². The molecule has 0 atom stereocenters. The first-order chi connectivity index (χ1) is 8.09. The van der Waals surface area contributed by atoms with E-state index < -0.39 is 0 Å². The zero-order valence-electron chi connectivity index (χ0n) is 12.9. The highest BCUT2D eigenvalue weighted by molar-refractivity contribution is 5.77. The topological polar surface area (TPSA) is 29.5 Å². The maximum absolute atomic E-state index is 12.0. The Bertz CT molecular complexity index is 278. The molecule has 0 N–H and O–H groups in total. The van der Waals surface area contributed by atoms with E-state index in [1.807, 2.05) is 25.7 Å². The largest absolute Gasteiger partial charge is 0.366 e. The molecule has 0 aromatic heterocycles. The summed E-state index contributed by atoms with van der Waals surface area (Å²) in [5, 5.41) is 0. The van der Waals surface area contributed by atoms with Crippen molar-refractivity contribution in [2.75, 3.05) is 19.7 Å². The minimum Gasteiger partial charge on any atom is -0.366 e. The molecular weight excluding hydrogens is 226 g/mol. The lowest BCUT2D eigenvalue weighted by molar-refractivity contribution is -0.142. The molecule has 1 saturated heterocycles. The fraction of sp³-hybridized carbons (Fsp3) is 0.933.